The van der Waals surface area contributed by atoms with E-state index in [1.165, 1.54) is 6.08 Å². The van der Waals surface area contributed by atoms with Crippen LogP contribution in [0.1, 0.15) is 29.1 Å². The highest BCUT2D eigenvalue weighted by Crippen LogP contribution is 2.29. The lowest BCUT2D eigenvalue weighted by Crippen LogP contribution is -2.32. The third-order valence-corrected chi connectivity index (χ3v) is 5.24. The summed E-state index contributed by atoms with van der Waals surface area (Å²) >= 11 is 1.57. The predicted molar refractivity (Wildman–Crippen MR) is 110 cm³/mol. The Balaban J connectivity index is 1.66. The Labute approximate surface area is 173 Å². The summed E-state index contributed by atoms with van der Waals surface area (Å²) in [5.74, 6) is 0.667. The first kappa shape index (κ1) is 20.8. The van der Waals surface area contributed by atoms with Gasteiger partial charge in [-0.3, -0.25) is 4.79 Å². The fourth-order valence-electron chi connectivity index (χ4n) is 2.94. The maximum absolute atomic E-state index is 12.3. The number of hydrogen-bond acceptors (Lipinski definition) is 7. The largest absolute Gasteiger partial charge is 0.493 e. The number of aryl methyl sites for hydroxylation is 1. The maximum Gasteiger partial charge on any atom is 0.262 e. The molecule has 152 valence electrons. The number of carbonyl (C=O) groups is 1. The smallest absolute Gasteiger partial charge is 0.262 e. The number of thiazole rings is 1. The second kappa shape index (κ2) is 10.0. The van der Waals surface area contributed by atoms with Gasteiger partial charge in [0.1, 0.15) is 18.2 Å². The van der Waals surface area contributed by atoms with Crippen molar-refractivity contribution in [2.24, 2.45) is 0 Å². The monoisotopic (exact) mass is 413 g/mol. The van der Waals surface area contributed by atoms with Crippen molar-refractivity contribution in [3.63, 3.8) is 0 Å². The molecule has 1 atom stereocenters. The lowest BCUT2D eigenvalue weighted by Gasteiger charge is -2.11. The minimum Gasteiger partial charge on any atom is -0.493 e. The van der Waals surface area contributed by atoms with Crippen molar-refractivity contribution in [3.8, 4) is 17.6 Å². The van der Waals surface area contributed by atoms with Crippen LogP contribution in [0.25, 0.3) is 6.08 Å². The lowest BCUT2D eigenvalue weighted by molar-refractivity contribution is -0.117. The Morgan fingerprint density at radius 1 is 1.48 bits per heavy atom. The molecule has 8 heteroatoms. The first-order valence-corrected chi connectivity index (χ1v) is 10.2. The minimum atomic E-state index is -0.416. The zero-order valence-corrected chi connectivity index (χ0v) is 17.3. The van der Waals surface area contributed by atoms with Gasteiger partial charge in [0, 0.05) is 18.5 Å². The van der Waals surface area contributed by atoms with Gasteiger partial charge in [0.2, 0.25) is 0 Å². The fraction of sp³-hybridized carbons (Fsp3) is 0.381. The summed E-state index contributed by atoms with van der Waals surface area (Å²) in [6.45, 7) is 3.41. The van der Waals surface area contributed by atoms with Crippen LogP contribution in [-0.4, -0.2) is 37.3 Å². The highest BCUT2D eigenvalue weighted by Gasteiger charge is 2.18. The number of hydrogen-bond donors (Lipinski definition) is 1. The molecule has 2 aromatic rings. The van der Waals surface area contributed by atoms with Crippen LogP contribution in [0.15, 0.2) is 29.2 Å². The summed E-state index contributed by atoms with van der Waals surface area (Å²) in [5.41, 5.74) is 1.55. The number of nitriles is 1. The SMILES string of the molecule is COc1cc(/C=C(\C#N)C(=O)NC[C@H]2CCCO2)ccc1OCc1csc(C)n1. The van der Waals surface area contributed by atoms with Crippen molar-refractivity contribution in [2.45, 2.75) is 32.5 Å². The molecule has 1 aromatic carbocycles. The molecule has 1 fully saturated rings. The number of ether oxygens (including phenoxy) is 3. The molecule has 29 heavy (non-hydrogen) atoms. The van der Waals surface area contributed by atoms with Crippen LogP contribution in [0.2, 0.25) is 0 Å². The van der Waals surface area contributed by atoms with Gasteiger partial charge < -0.3 is 19.5 Å². The number of benzene rings is 1. The molecule has 7 nitrogen and oxygen atoms in total. The van der Waals surface area contributed by atoms with E-state index in [2.05, 4.69) is 10.3 Å². The van der Waals surface area contributed by atoms with E-state index >= 15 is 0 Å². The predicted octanol–water partition coefficient (Wildman–Crippen LogP) is 3.24. The van der Waals surface area contributed by atoms with Crippen LogP contribution >= 0.6 is 11.3 Å². The summed E-state index contributed by atoms with van der Waals surface area (Å²) in [6.07, 6.45) is 3.47. The standard InChI is InChI=1S/C21H23N3O4S/c1-14-24-17(13-29-14)12-28-19-6-5-15(9-20(19)26-2)8-16(10-22)21(25)23-11-18-4-3-7-27-18/h5-6,8-9,13,18H,3-4,7,11-12H2,1-2H3,(H,23,25)/b16-8+/t18-/m1/s1. The van der Waals surface area contributed by atoms with Crippen molar-refractivity contribution < 1.29 is 19.0 Å². The van der Waals surface area contributed by atoms with Crippen LogP contribution in [0, 0.1) is 18.3 Å². The molecule has 0 radical (unpaired) electrons. The summed E-state index contributed by atoms with van der Waals surface area (Å²) in [7, 11) is 1.54. The first-order valence-electron chi connectivity index (χ1n) is 9.32. The molecule has 0 saturated carbocycles. The summed E-state index contributed by atoms with van der Waals surface area (Å²) in [6, 6.07) is 7.21. The molecule has 0 bridgehead atoms. The molecule has 1 amide bonds. The van der Waals surface area contributed by atoms with Crippen LogP contribution in [0.3, 0.4) is 0 Å². The summed E-state index contributed by atoms with van der Waals surface area (Å²) in [5, 5.41) is 15.1. The third-order valence-electron chi connectivity index (χ3n) is 4.42. The Hall–Kier alpha value is -2.89. The lowest BCUT2D eigenvalue weighted by atomic mass is 10.1. The highest BCUT2D eigenvalue weighted by molar-refractivity contribution is 7.09. The van der Waals surface area contributed by atoms with Crippen molar-refractivity contribution in [1.82, 2.24) is 10.3 Å². The van der Waals surface area contributed by atoms with Gasteiger partial charge in [-0.1, -0.05) is 6.07 Å². The van der Waals surface area contributed by atoms with E-state index in [4.69, 9.17) is 14.2 Å². The molecule has 0 aliphatic carbocycles. The zero-order chi connectivity index (χ0) is 20.6. The van der Waals surface area contributed by atoms with Gasteiger partial charge in [0.25, 0.3) is 5.91 Å². The number of aromatic nitrogens is 1. The molecule has 1 saturated heterocycles. The molecule has 1 aliphatic heterocycles. The van der Waals surface area contributed by atoms with Gasteiger partial charge in [0.15, 0.2) is 11.5 Å². The average Bonchev–Trinajstić information content (AvgIpc) is 3.40. The van der Waals surface area contributed by atoms with Crippen molar-refractivity contribution in [3.05, 3.63) is 45.4 Å². The topological polar surface area (TPSA) is 93.5 Å². The van der Waals surface area contributed by atoms with Crippen molar-refractivity contribution >= 4 is 23.3 Å². The van der Waals surface area contributed by atoms with Gasteiger partial charge in [-0.25, -0.2) is 4.98 Å². The van der Waals surface area contributed by atoms with E-state index in [1.807, 2.05) is 18.4 Å². The maximum atomic E-state index is 12.3. The normalized spacial score (nSPS) is 16.3. The van der Waals surface area contributed by atoms with E-state index in [9.17, 15) is 10.1 Å². The van der Waals surface area contributed by atoms with E-state index in [0.29, 0.717) is 30.2 Å². The van der Waals surface area contributed by atoms with E-state index in [0.717, 1.165) is 30.2 Å². The van der Waals surface area contributed by atoms with Crippen LogP contribution in [0.5, 0.6) is 11.5 Å². The average molecular weight is 413 g/mol. The Bertz CT molecular complexity index is 926. The fourth-order valence-corrected chi connectivity index (χ4v) is 3.54. The zero-order valence-electron chi connectivity index (χ0n) is 16.4. The van der Waals surface area contributed by atoms with Gasteiger partial charge in [-0.05, 0) is 43.5 Å². The van der Waals surface area contributed by atoms with Gasteiger partial charge in [-0.15, -0.1) is 11.3 Å². The molecular formula is C21H23N3O4S. The highest BCUT2D eigenvalue weighted by atomic mass is 32.1. The number of methoxy groups -OCH3 is 1. The van der Waals surface area contributed by atoms with Gasteiger partial charge in [-0.2, -0.15) is 5.26 Å². The van der Waals surface area contributed by atoms with Crippen molar-refractivity contribution in [2.75, 3.05) is 20.3 Å². The molecule has 0 unspecified atom stereocenters. The Kier molecular flexibility index (Phi) is 7.22. The first-order chi connectivity index (χ1) is 14.1. The number of rotatable bonds is 8. The molecule has 3 rings (SSSR count). The molecule has 1 aliphatic rings. The van der Waals surface area contributed by atoms with Crippen LogP contribution < -0.4 is 14.8 Å². The molecule has 2 heterocycles. The second-order valence-corrected chi connectivity index (χ2v) is 7.63. The summed E-state index contributed by atoms with van der Waals surface area (Å²) in [4.78, 5) is 16.7. The quantitative estimate of drug-likeness (QED) is 0.527. The van der Waals surface area contributed by atoms with E-state index in [1.54, 1.807) is 36.6 Å². The van der Waals surface area contributed by atoms with Crippen LogP contribution in [0.4, 0.5) is 0 Å². The van der Waals surface area contributed by atoms with Gasteiger partial charge >= 0.3 is 0 Å². The molecular weight excluding hydrogens is 390 g/mol. The van der Waals surface area contributed by atoms with Crippen molar-refractivity contribution in [1.29, 1.82) is 5.26 Å². The van der Waals surface area contributed by atoms with E-state index < -0.39 is 5.91 Å². The number of amides is 1. The van der Waals surface area contributed by atoms with Gasteiger partial charge in [0.05, 0.1) is 23.9 Å². The van der Waals surface area contributed by atoms with E-state index in [-0.39, 0.29) is 11.7 Å². The third kappa shape index (κ3) is 5.79. The molecule has 0 spiro atoms. The van der Waals surface area contributed by atoms with Crippen LogP contribution in [-0.2, 0) is 16.1 Å². The number of carbonyl (C=O) groups excluding carboxylic acids is 1. The Morgan fingerprint density at radius 2 is 2.34 bits per heavy atom. The minimum absolute atomic E-state index is 0.0247. The number of nitrogens with one attached hydrogen (secondary N) is 1. The number of nitrogens with zero attached hydrogens (tertiary/aromatic N) is 2. The Morgan fingerprint density at radius 3 is 3.00 bits per heavy atom. The summed E-state index contributed by atoms with van der Waals surface area (Å²) < 4.78 is 16.7. The molecule has 1 N–H and O–H groups in total. The molecule has 1 aromatic heterocycles. The second-order valence-electron chi connectivity index (χ2n) is 6.57.